The normalized spacial score (nSPS) is 17.2. The van der Waals surface area contributed by atoms with Gasteiger partial charge in [-0.2, -0.15) is 0 Å². The highest BCUT2D eigenvalue weighted by Crippen LogP contribution is 2.48. The van der Waals surface area contributed by atoms with Crippen molar-refractivity contribution in [3.05, 3.63) is 53.1 Å². The van der Waals surface area contributed by atoms with Crippen molar-refractivity contribution in [2.75, 3.05) is 0 Å². The van der Waals surface area contributed by atoms with Gasteiger partial charge in [-0.15, -0.1) is 0 Å². The number of benzene rings is 3. The van der Waals surface area contributed by atoms with Crippen LogP contribution < -0.4 is 4.74 Å². The molecule has 0 saturated carbocycles. The van der Waals surface area contributed by atoms with Gasteiger partial charge in [0.1, 0.15) is 23.4 Å². The lowest BCUT2D eigenvalue weighted by atomic mass is 9.82. The molecule has 172 valence electrons. The van der Waals surface area contributed by atoms with Crippen molar-refractivity contribution in [2.45, 2.75) is 18.9 Å². The number of hydrogen-bond donors (Lipinski definition) is 8. The molecule has 3 aromatic carbocycles. The topological polar surface area (TPSA) is 188 Å². The molecule has 0 saturated heterocycles. The standard InChI is InChI=1S/C23H20O10/c24-12-7-15(26)13-1-10(4-14(25)9-2-16(27)21(31)17(28)3-9)23(33-20(13)8-12)11-5-18(29)22(32)19(30)6-11/h2-3,5-8,10,23-24,26-32H,1,4H2/t10-,23+/m0/s1. The maximum atomic E-state index is 12.9. The van der Waals surface area contributed by atoms with Crippen LogP contribution in [0.4, 0.5) is 0 Å². The number of carbonyl (C=O) groups excluding carboxylic acids is 1. The van der Waals surface area contributed by atoms with Gasteiger partial charge in [0.05, 0.1) is 0 Å². The molecule has 0 unspecified atom stereocenters. The van der Waals surface area contributed by atoms with E-state index in [0.717, 1.165) is 30.3 Å². The van der Waals surface area contributed by atoms with Crippen LogP contribution in [0.25, 0.3) is 0 Å². The molecule has 4 rings (SSSR count). The Kier molecular flexibility index (Phi) is 5.21. The summed E-state index contributed by atoms with van der Waals surface area (Å²) in [5, 5.41) is 78.6. The van der Waals surface area contributed by atoms with Gasteiger partial charge in [0.2, 0.25) is 0 Å². The van der Waals surface area contributed by atoms with Crippen LogP contribution in [0.1, 0.15) is 34.0 Å². The lowest BCUT2D eigenvalue weighted by molar-refractivity contribution is 0.0796. The van der Waals surface area contributed by atoms with Gasteiger partial charge < -0.3 is 45.6 Å². The van der Waals surface area contributed by atoms with Crippen molar-refractivity contribution in [2.24, 2.45) is 5.92 Å². The van der Waals surface area contributed by atoms with Crippen molar-refractivity contribution in [1.82, 2.24) is 0 Å². The average molecular weight is 456 g/mol. The molecule has 0 amide bonds. The molecule has 1 aliphatic heterocycles. The average Bonchev–Trinajstić information content (AvgIpc) is 2.75. The van der Waals surface area contributed by atoms with Crippen LogP contribution in [0.5, 0.6) is 51.7 Å². The summed E-state index contributed by atoms with van der Waals surface area (Å²) >= 11 is 0. The van der Waals surface area contributed by atoms with E-state index in [1.54, 1.807) is 0 Å². The van der Waals surface area contributed by atoms with Gasteiger partial charge >= 0.3 is 0 Å². The van der Waals surface area contributed by atoms with Crippen molar-refractivity contribution in [3.8, 4) is 51.7 Å². The van der Waals surface area contributed by atoms with E-state index >= 15 is 0 Å². The monoisotopic (exact) mass is 456 g/mol. The number of phenols is 8. The predicted molar refractivity (Wildman–Crippen MR) is 112 cm³/mol. The molecule has 0 bridgehead atoms. The number of ether oxygens (including phenoxy) is 1. The Balaban J connectivity index is 1.75. The number of hydrogen-bond acceptors (Lipinski definition) is 10. The van der Waals surface area contributed by atoms with Gasteiger partial charge in [-0.3, -0.25) is 4.79 Å². The maximum absolute atomic E-state index is 12.9. The molecule has 2 atom stereocenters. The van der Waals surface area contributed by atoms with Gasteiger partial charge in [0.15, 0.2) is 40.3 Å². The summed E-state index contributed by atoms with van der Waals surface area (Å²) in [6, 6.07) is 6.70. The van der Waals surface area contributed by atoms with Crippen molar-refractivity contribution in [3.63, 3.8) is 0 Å². The first kappa shape index (κ1) is 21.8. The van der Waals surface area contributed by atoms with Gasteiger partial charge in [0, 0.05) is 41.2 Å². The summed E-state index contributed by atoms with van der Waals surface area (Å²) in [5.74, 6) is -5.67. The van der Waals surface area contributed by atoms with Crippen molar-refractivity contribution >= 4 is 5.78 Å². The van der Waals surface area contributed by atoms with E-state index < -0.39 is 52.3 Å². The number of ketones is 1. The highest BCUT2D eigenvalue weighted by Gasteiger charge is 2.36. The van der Waals surface area contributed by atoms with Crippen LogP contribution >= 0.6 is 0 Å². The molecule has 8 N–H and O–H groups in total. The Labute approximate surface area is 186 Å². The summed E-state index contributed by atoms with van der Waals surface area (Å²) in [6.07, 6.45) is -1.09. The van der Waals surface area contributed by atoms with E-state index in [-0.39, 0.29) is 41.2 Å². The first-order valence-corrected chi connectivity index (χ1v) is 9.79. The largest absolute Gasteiger partial charge is 0.508 e. The van der Waals surface area contributed by atoms with Gasteiger partial charge in [0.25, 0.3) is 0 Å². The van der Waals surface area contributed by atoms with E-state index in [0.29, 0.717) is 5.56 Å². The summed E-state index contributed by atoms with van der Waals surface area (Å²) in [5.41, 5.74) is 0.453. The summed E-state index contributed by atoms with van der Waals surface area (Å²) in [6.45, 7) is 0. The minimum absolute atomic E-state index is 0.0846. The minimum atomic E-state index is -0.959. The summed E-state index contributed by atoms with van der Waals surface area (Å²) < 4.78 is 5.93. The Morgan fingerprint density at radius 1 is 0.758 bits per heavy atom. The third-order valence-electron chi connectivity index (χ3n) is 5.58. The molecule has 1 aliphatic rings. The lowest BCUT2D eigenvalue weighted by Gasteiger charge is -2.34. The van der Waals surface area contributed by atoms with Gasteiger partial charge in [-0.25, -0.2) is 0 Å². The van der Waals surface area contributed by atoms with Crippen LogP contribution in [-0.2, 0) is 6.42 Å². The molecule has 33 heavy (non-hydrogen) atoms. The number of fused-ring (bicyclic) bond motifs is 1. The number of aromatic hydroxyl groups is 8. The molecular formula is C23H20O10. The number of carbonyl (C=O) groups is 1. The molecule has 0 aliphatic carbocycles. The molecule has 0 radical (unpaired) electrons. The Hall–Kier alpha value is -4.47. The highest BCUT2D eigenvalue weighted by atomic mass is 16.5. The Morgan fingerprint density at radius 2 is 1.30 bits per heavy atom. The Morgan fingerprint density at radius 3 is 1.88 bits per heavy atom. The molecule has 10 heteroatoms. The van der Waals surface area contributed by atoms with Crippen LogP contribution in [-0.4, -0.2) is 46.6 Å². The second-order valence-corrected chi connectivity index (χ2v) is 7.84. The van der Waals surface area contributed by atoms with Crippen molar-refractivity contribution in [1.29, 1.82) is 0 Å². The molecule has 3 aromatic rings. The smallest absolute Gasteiger partial charge is 0.200 e. The highest BCUT2D eigenvalue weighted by molar-refractivity contribution is 5.97. The van der Waals surface area contributed by atoms with Gasteiger partial charge in [-0.05, 0) is 30.7 Å². The zero-order valence-corrected chi connectivity index (χ0v) is 16.9. The van der Waals surface area contributed by atoms with E-state index in [9.17, 15) is 45.6 Å². The first-order valence-electron chi connectivity index (χ1n) is 9.79. The lowest BCUT2D eigenvalue weighted by Crippen LogP contribution is -2.28. The number of rotatable bonds is 4. The fraction of sp³-hybridized carbons (Fsp3) is 0.174. The molecular weight excluding hydrogens is 436 g/mol. The molecule has 0 spiro atoms. The quantitative estimate of drug-likeness (QED) is 0.214. The molecule has 0 aromatic heterocycles. The van der Waals surface area contributed by atoms with Crippen LogP contribution in [0, 0.1) is 5.92 Å². The third kappa shape index (κ3) is 3.93. The Bertz CT molecular complexity index is 1220. The third-order valence-corrected chi connectivity index (χ3v) is 5.58. The first-order chi connectivity index (χ1) is 15.5. The summed E-state index contributed by atoms with van der Waals surface area (Å²) in [4.78, 5) is 12.9. The van der Waals surface area contributed by atoms with E-state index in [1.165, 1.54) is 6.07 Å². The van der Waals surface area contributed by atoms with Crippen LogP contribution in [0.3, 0.4) is 0 Å². The second-order valence-electron chi connectivity index (χ2n) is 7.84. The second kappa shape index (κ2) is 7.90. The molecule has 10 nitrogen and oxygen atoms in total. The SMILES string of the molecule is O=C(C[C@@H]1Cc2c(O)cc(O)cc2O[C@H]1c1cc(O)c(O)c(O)c1)c1cc(O)c(O)c(O)c1. The zero-order valence-electron chi connectivity index (χ0n) is 16.9. The summed E-state index contributed by atoms with van der Waals surface area (Å²) in [7, 11) is 0. The zero-order chi connectivity index (χ0) is 24.0. The van der Waals surface area contributed by atoms with Crippen LogP contribution in [0.15, 0.2) is 36.4 Å². The predicted octanol–water partition coefficient (Wildman–Crippen LogP) is 2.90. The van der Waals surface area contributed by atoms with E-state index in [2.05, 4.69) is 0 Å². The minimum Gasteiger partial charge on any atom is -0.508 e. The fourth-order valence-electron chi connectivity index (χ4n) is 3.96. The van der Waals surface area contributed by atoms with E-state index in [1.807, 2.05) is 0 Å². The van der Waals surface area contributed by atoms with Crippen molar-refractivity contribution < 1.29 is 50.4 Å². The van der Waals surface area contributed by atoms with Gasteiger partial charge in [-0.1, -0.05) is 0 Å². The maximum Gasteiger partial charge on any atom is 0.200 e. The fourth-order valence-corrected chi connectivity index (χ4v) is 3.96. The van der Waals surface area contributed by atoms with Crippen LogP contribution in [0.2, 0.25) is 0 Å². The molecule has 1 heterocycles. The molecule has 0 fully saturated rings. The number of Topliss-reactive ketones (excluding diaryl/α,β-unsaturated/α-hetero) is 1. The van der Waals surface area contributed by atoms with E-state index in [4.69, 9.17) is 4.74 Å². The number of phenolic OH excluding ortho intramolecular Hbond substituents is 8.